The Balaban J connectivity index is 2.29. The number of halogens is 1. The highest BCUT2D eigenvalue weighted by atomic mass is 19.1. The zero-order valence-electron chi connectivity index (χ0n) is 9.74. The third-order valence-corrected chi connectivity index (χ3v) is 3.09. The Hall–Kier alpha value is -1.42. The summed E-state index contributed by atoms with van der Waals surface area (Å²) in [7, 11) is 1.31. The van der Waals surface area contributed by atoms with Crippen LogP contribution in [0.1, 0.15) is 28.8 Å². The average molecular weight is 238 g/mol. The molecule has 1 aromatic carbocycles. The summed E-state index contributed by atoms with van der Waals surface area (Å²) < 4.78 is 24.4. The van der Waals surface area contributed by atoms with Gasteiger partial charge >= 0.3 is 5.97 Å². The van der Waals surface area contributed by atoms with Crippen LogP contribution in [0.2, 0.25) is 0 Å². The van der Waals surface area contributed by atoms with Crippen molar-refractivity contribution in [2.45, 2.75) is 18.5 Å². The summed E-state index contributed by atoms with van der Waals surface area (Å²) in [5.41, 5.74) is -0.473. The van der Waals surface area contributed by atoms with E-state index in [1.54, 1.807) is 24.3 Å². The molecule has 1 fully saturated rings. The van der Waals surface area contributed by atoms with E-state index in [-0.39, 0.29) is 0 Å². The van der Waals surface area contributed by atoms with E-state index in [1.165, 1.54) is 7.11 Å². The third kappa shape index (κ3) is 2.47. The molecule has 1 aromatic rings. The average Bonchev–Trinajstić information content (AvgIpc) is 2.39. The number of carbonyl (C=O) groups is 1. The van der Waals surface area contributed by atoms with E-state index in [4.69, 9.17) is 4.74 Å². The molecule has 1 heterocycles. The fraction of sp³-hybridized carbons (Fsp3) is 0.462. The highest BCUT2D eigenvalue weighted by Gasteiger charge is 2.34. The number of esters is 1. The summed E-state index contributed by atoms with van der Waals surface area (Å²) in [6, 6.07) is 6.57. The molecule has 3 nitrogen and oxygen atoms in total. The predicted octanol–water partition coefficient (Wildman–Crippen LogP) is 2.45. The Morgan fingerprint density at radius 1 is 1.41 bits per heavy atom. The van der Waals surface area contributed by atoms with Gasteiger partial charge in [0.15, 0.2) is 0 Å². The number of ether oxygens (including phenoxy) is 2. The lowest BCUT2D eigenvalue weighted by Crippen LogP contribution is -2.29. The van der Waals surface area contributed by atoms with Crippen molar-refractivity contribution in [3.05, 3.63) is 35.4 Å². The van der Waals surface area contributed by atoms with E-state index in [0.29, 0.717) is 37.2 Å². The Morgan fingerprint density at radius 3 is 2.76 bits per heavy atom. The highest BCUT2D eigenvalue weighted by Crippen LogP contribution is 2.36. The Morgan fingerprint density at radius 2 is 2.12 bits per heavy atom. The van der Waals surface area contributed by atoms with Gasteiger partial charge < -0.3 is 9.47 Å². The van der Waals surface area contributed by atoms with Crippen LogP contribution in [-0.2, 0) is 15.1 Å². The first-order valence-electron chi connectivity index (χ1n) is 5.61. The van der Waals surface area contributed by atoms with E-state index in [0.717, 1.165) is 0 Å². The molecule has 2 rings (SSSR count). The molecule has 0 radical (unpaired) electrons. The van der Waals surface area contributed by atoms with E-state index in [1.807, 2.05) is 0 Å². The van der Waals surface area contributed by atoms with Crippen LogP contribution in [0.4, 0.5) is 4.39 Å². The van der Waals surface area contributed by atoms with Gasteiger partial charge in [0.25, 0.3) is 0 Å². The smallest absolute Gasteiger partial charge is 0.337 e. The van der Waals surface area contributed by atoms with Gasteiger partial charge in [0.1, 0.15) is 5.67 Å². The minimum Gasteiger partial charge on any atom is -0.465 e. The van der Waals surface area contributed by atoms with E-state index < -0.39 is 11.6 Å². The summed E-state index contributed by atoms with van der Waals surface area (Å²) in [4.78, 5) is 11.4. The number of alkyl halides is 1. The van der Waals surface area contributed by atoms with Crippen molar-refractivity contribution in [2.75, 3.05) is 20.3 Å². The molecule has 1 aliphatic heterocycles. The van der Waals surface area contributed by atoms with E-state index in [9.17, 15) is 9.18 Å². The van der Waals surface area contributed by atoms with Crippen molar-refractivity contribution >= 4 is 5.97 Å². The summed E-state index contributed by atoms with van der Waals surface area (Å²) in [5.74, 6) is -0.442. The second-order valence-corrected chi connectivity index (χ2v) is 4.15. The molecule has 0 atom stereocenters. The van der Waals surface area contributed by atoms with Crippen molar-refractivity contribution in [3.63, 3.8) is 0 Å². The third-order valence-electron chi connectivity index (χ3n) is 3.09. The fourth-order valence-corrected chi connectivity index (χ4v) is 2.03. The van der Waals surface area contributed by atoms with Crippen LogP contribution >= 0.6 is 0 Å². The lowest BCUT2D eigenvalue weighted by atomic mass is 9.87. The number of hydrogen-bond acceptors (Lipinski definition) is 3. The van der Waals surface area contributed by atoms with E-state index >= 15 is 0 Å². The van der Waals surface area contributed by atoms with Gasteiger partial charge in [-0.15, -0.1) is 0 Å². The standard InChI is InChI=1S/C13H15FO3/c1-16-12(15)10-3-2-4-11(9-10)13(14)5-7-17-8-6-13/h2-4,9H,5-8H2,1H3. The molecule has 0 saturated carbocycles. The van der Waals surface area contributed by atoms with Gasteiger partial charge in [-0.3, -0.25) is 0 Å². The maximum atomic E-state index is 14.6. The molecule has 17 heavy (non-hydrogen) atoms. The summed E-state index contributed by atoms with van der Waals surface area (Å²) in [6.07, 6.45) is 0.662. The lowest BCUT2D eigenvalue weighted by molar-refractivity contribution is -0.0115. The van der Waals surface area contributed by atoms with Crippen molar-refractivity contribution in [3.8, 4) is 0 Å². The van der Waals surface area contributed by atoms with Gasteiger partial charge in [-0.05, 0) is 17.7 Å². The molecule has 1 saturated heterocycles. The van der Waals surface area contributed by atoms with Crippen molar-refractivity contribution in [1.82, 2.24) is 0 Å². The molecular weight excluding hydrogens is 223 g/mol. The normalized spacial score (nSPS) is 18.7. The molecule has 0 spiro atoms. The van der Waals surface area contributed by atoms with Crippen LogP contribution in [0.25, 0.3) is 0 Å². The first-order chi connectivity index (χ1) is 8.15. The minimum absolute atomic E-state index is 0.331. The maximum absolute atomic E-state index is 14.6. The predicted molar refractivity (Wildman–Crippen MR) is 60.6 cm³/mol. The van der Waals surface area contributed by atoms with Gasteiger partial charge in [-0.25, -0.2) is 9.18 Å². The Bertz CT molecular complexity index is 411. The van der Waals surface area contributed by atoms with E-state index in [2.05, 4.69) is 4.74 Å². The second-order valence-electron chi connectivity index (χ2n) is 4.15. The Labute approximate surface area is 99.5 Å². The van der Waals surface area contributed by atoms with Crippen LogP contribution in [0, 0.1) is 0 Å². The quantitative estimate of drug-likeness (QED) is 0.742. The van der Waals surface area contributed by atoms with Crippen LogP contribution < -0.4 is 0 Å². The van der Waals surface area contributed by atoms with Crippen LogP contribution in [0.15, 0.2) is 24.3 Å². The zero-order chi connectivity index (χ0) is 12.3. The molecule has 0 bridgehead atoms. The first-order valence-corrected chi connectivity index (χ1v) is 5.61. The molecular formula is C13H15FO3. The molecule has 0 unspecified atom stereocenters. The molecule has 0 amide bonds. The molecule has 4 heteroatoms. The summed E-state index contributed by atoms with van der Waals surface area (Å²) >= 11 is 0. The van der Waals surface area contributed by atoms with Crippen molar-refractivity contribution < 1.29 is 18.7 Å². The zero-order valence-corrected chi connectivity index (χ0v) is 9.74. The second kappa shape index (κ2) is 4.84. The van der Waals surface area contributed by atoms with Crippen LogP contribution in [0.3, 0.4) is 0 Å². The topological polar surface area (TPSA) is 35.5 Å². The maximum Gasteiger partial charge on any atom is 0.337 e. The molecule has 1 aliphatic rings. The summed E-state index contributed by atoms with van der Waals surface area (Å²) in [5, 5.41) is 0. The van der Waals surface area contributed by atoms with Crippen LogP contribution in [0.5, 0.6) is 0 Å². The molecule has 0 N–H and O–H groups in total. The monoisotopic (exact) mass is 238 g/mol. The summed E-state index contributed by atoms with van der Waals surface area (Å²) in [6.45, 7) is 0.831. The van der Waals surface area contributed by atoms with Gasteiger partial charge in [-0.1, -0.05) is 12.1 Å². The molecule has 0 aliphatic carbocycles. The lowest BCUT2D eigenvalue weighted by Gasteiger charge is -2.30. The number of methoxy groups -OCH3 is 1. The number of carbonyl (C=O) groups excluding carboxylic acids is 1. The first kappa shape index (κ1) is 12.0. The molecule has 92 valence electrons. The molecule has 0 aromatic heterocycles. The number of hydrogen-bond donors (Lipinski definition) is 0. The number of rotatable bonds is 2. The highest BCUT2D eigenvalue weighted by molar-refractivity contribution is 5.89. The largest absolute Gasteiger partial charge is 0.465 e. The van der Waals surface area contributed by atoms with Crippen LogP contribution in [-0.4, -0.2) is 26.3 Å². The van der Waals surface area contributed by atoms with Crippen molar-refractivity contribution in [2.24, 2.45) is 0 Å². The Kier molecular flexibility index (Phi) is 3.43. The van der Waals surface area contributed by atoms with Gasteiger partial charge in [0, 0.05) is 26.1 Å². The van der Waals surface area contributed by atoms with Gasteiger partial charge in [0.05, 0.1) is 12.7 Å². The number of benzene rings is 1. The van der Waals surface area contributed by atoms with Gasteiger partial charge in [0.2, 0.25) is 0 Å². The van der Waals surface area contributed by atoms with Gasteiger partial charge in [-0.2, -0.15) is 0 Å². The van der Waals surface area contributed by atoms with Crippen molar-refractivity contribution in [1.29, 1.82) is 0 Å². The SMILES string of the molecule is COC(=O)c1cccc(C2(F)CCOCC2)c1. The fourth-order valence-electron chi connectivity index (χ4n) is 2.03. The minimum atomic E-state index is -1.39.